The van der Waals surface area contributed by atoms with Crippen molar-refractivity contribution in [2.45, 2.75) is 39.8 Å². The Kier molecular flexibility index (Phi) is 5.87. The van der Waals surface area contributed by atoms with Gasteiger partial charge in [0.25, 0.3) is 5.91 Å². The monoisotopic (exact) mass is 295 g/mol. The molecule has 21 heavy (non-hydrogen) atoms. The second-order valence-corrected chi connectivity index (χ2v) is 5.98. The van der Waals surface area contributed by atoms with Gasteiger partial charge in [0, 0.05) is 27.2 Å². The molecule has 1 rings (SSSR count). The van der Waals surface area contributed by atoms with Gasteiger partial charge in [-0.3, -0.25) is 9.59 Å². The quantitative estimate of drug-likeness (QED) is 0.781. The van der Waals surface area contributed by atoms with Crippen molar-refractivity contribution in [2.24, 2.45) is 5.92 Å². The summed E-state index contributed by atoms with van der Waals surface area (Å²) >= 11 is 0. The Bertz CT molecular complexity index is 495. The molecule has 0 aliphatic heterocycles. The SMILES string of the molecule is CC(C)C[C@H](C)N(C)C(=O)c1cn(CC(=O)N(C)C)nn1. The molecule has 0 fully saturated rings. The van der Waals surface area contributed by atoms with Crippen LogP contribution in [0.2, 0.25) is 0 Å². The van der Waals surface area contributed by atoms with E-state index in [1.165, 1.54) is 15.8 Å². The highest BCUT2D eigenvalue weighted by molar-refractivity contribution is 5.92. The van der Waals surface area contributed by atoms with Crippen LogP contribution in [0, 0.1) is 5.92 Å². The molecule has 7 heteroatoms. The fraction of sp³-hybridized carbons (Fsp3) is 0.714. The van der Waals surface area contributed by atoms with Gasteiger partial charge in [-0.2, -0.15) is 0 Å². The summed E-state index contributed by atoms with van der Waals surface area (Å²) in [5, 5.41) is 7.70. The number of likely N-dealkylation sites (N-methyl/N-ethyl adjacent to an activating group) is 1. The van der Waals surface area contributed by atoms with Crippen LogP contribution in [0.15, 0.2) is 6.20 Å². The van der Waals surface area contributed by atoms with Gasteiger partial charge < -0.3 is 9.80 Å². The minimum atomic E-state index is -0.174. The maximum atomic E-state index is 12.3. The summed E-state index contributed by atoms with van der Waals surface area (Å²) in [5.41, 5.74) is 0.264. The highest BCUT2D eigenvalue weighted by Crippen LogP contribution is 2.12. The van der Waals surface area contributed by atoms with E-state index in [9.17, 15) is 9.59 Å². The molecule has 0 saturated heterocycles. The Hall–Kier alpha value is -1.92. The Morgan fingerprint density at radius 2 is 1.86 bits per heavy atom. The van der Waals surface area contributed by atoms with Crippen LogP contribution in [0.5, 0.6) is 0 Å². The molecule has 118 valence electrons. The molecule has 1 aromatic rings. The minimum Gasteiger partial charge on any atom is -0.347 e. The first kappa shape index (κ1) is 17.1. The molecule has 0 spiro atoms. The molecule has 0 saturated carbocycles. The molecule has 0 radical (unpaired) electrons. The summed E-state index contributed by atoms with van der Waals surface area (Å²) in [6, 6.07) is 0.131. The van der Waals surface area contributed by atoms with Gasteiger partial charge in [-0.15, -0.1) is 5.10 Å². The number of aromatic nitrogens is 3. The lowest BCUT2D eigenvalue weighted by molar-refractivity contribution is -0.129. The predicted molar refractivity (Wildman–Crippen MR) is 79.7 cm³/mol. The van der Waals surface area contributed by atoms with E-state index >= 15 is 0 Å². The predicted octanol–water partition coefficient (Wildman–Crippen LogP) is 0.873. The normalized spacial score (nSPS) is 12.3. The Labute approximate surface area is 125 Å². The molecule has 1 atom stereocenters. The average Bonchev–Trinajstić information content (AvgIpc) is 2.84. The summed E-state index contributed by atoms with van der Waals surface area (Å²) in [6.07, 6.45) is 2.44. The van der Waals surface area contributed by atoms with Crippen LogP contribution in [0.1, 0.15) is 37.7 Å². The lowest BCUT2D eigenvalue weighted by Crippen LogP contribution is -2.36. The number of amides is 2. The van der Waals surface area contributed by atoms with E-state index in [0.717, 1.165) is 6.42 Å². The summed E-state index contributed by atoms with van der Waals surface area (Å²) in [4.78, 5) is 27.1. The van der Waals surface area contributed by atoms with Crippen LogP contribution in [0.3, 0.4) is 0 Å². The Morgan fingerprint density at radius 3 is 2.38 bits per heavy atom. The van der Waals surface area contributed by atoms with E-state index in [1.807, 2.05) is 6.92 Å². The van der Waals surface area contributed by atoms with Crippen LogP contribution < -0.4 is 0 Å². The van der Waals surface area contributed by atoms with E-state index < -0.39 is 0 Å². The first-order chi connectivity index (χ1) is 9.72. The second kappa shape index (κ2) is 7.19. The molecule has 0 unspecified atom stereocenters. The van der Waals surface area contributed by atoms with Gasteiger partial charge in [0.2, 0.25) is 5.91 Å². The summed E-state index contributed by atoms with van der Waals surface area (Å²) in [6.45, 7) is 6.34. The van der Waals surface area contributed by atoms with Crippen LogP contribution in [0.4, 0.5) is 0 Å². The first-order valence-electron chi connectivity index (χ1n) is 7.09. The van der Waals surface area contributed by atoms with Crippen LogP contribution in [0.25, 0.3) is 0 Å². The van der Waals surface area contributed by atoms with Crippen molar-refractivity contribution in [3.8, 4) is 0 Å². The van der Waals surface area contributed by atoms with Gasteiger partial charge in [-0.05, 0) is 19.3 Å². The number of carbonyl (C=O) groups is 2. The maximum absolute atomic E-state index is 12.3. The van der Waals surface area contributed by atoms with Crippen molar-refractivity contribution in [2.75, 3.05) is 21.1 Å². The van der Waals surface area contributed by atoms with Crippen molar-refractivity contribution >= 4 is 11.8 Å². The van der Waals surface area contributed by atoms with Crippen molar-refractivity contribution < 1.29 is 9.59 Å². The zero-order valence-corrected chi connectivity index (χ0v) is 13.7. The molecule has 0 bridgehead atoms. The van der Waals surface area contributed by atoms with Gasteiger partial charge >= 0.3 is 0 Å². The fourth-order valence-electron chi connectivity index (χ4n) is 1.97. The average molecular weight is 295 g/mol. The zero-order valence-electron chi connectivity index (χ0n) is 13.7. The first-order valence-corrected chi connectivity index (χ1v) is 7.09. The number of rotatable bonds is 6. The minimum absolute atomic E-state index is 0.0819. The molecule has 0 aliphatic carbocycles. The molecular formula is C14H25N5O2. The molecule has 0 aliphatic rings. The summed E-state index contributed by atoms with van der Waals surface area (Å²) in [5.74, 6) is 0.246. The van der Waals surface area contributed by atoms with Crippen molar-refractivity contribution in [3.05, 3.63) is 11.9 Å². The van der Waals surface area contributed by atoms with E-state index in [0.29, 0.717) is 5.92 Å². The highest BCUT2D eigenvalue weighted by atomic mass is 16.2. The number of hydrogen-bond donors (Lipinski definition) is 0. The Balaban J connectivity index is 2.71. The van der Waals surface area contributed by atoms with Gasteiger partial charge in [-0.25, -0.2) is 4.68 Å². The molecular weight excluding hydrogens is 270 g/mol. The highest BCUT2D eigenvalue weighted by Gasteiger charge is 2.21. The molecule has 2 amide bonds. The Morgan fingerprint density at radius 1 is 1.24 bits per heavy atom. The zero-order chi connectivity index (χ0) is 16.2. The van der Waals surface area contributed by atoms with Gasteiger partial charge in [-0.1, -0.05) is 19.1 Å². The lowest BCUT2D eigenvalue weighted by Gasteiger charge is -2.25. The number of carbonyl (C=O) groups excluding carboxylic acids is 2. The van der Waals surface area contributed by atoms with Gasteiger partial charge in [0.05, 0.1) is 6.20 Å². The fourth-order valence-corrected chi connectivity index (χ4v) is 1.97. The third-order valence-electron chi connectivity index (χ3n) is 3.35. The van der Waals surface area contributed by atoms with E-state index in [1.54, 1.807) is 26.0 Å². The molecule has 7 nitrogen and oxygen atoms in total. The second-order valence-electron chi connectivity index (χ2n) is 5.98. The van der Waals surface area contributed by atoms with E-state index in [-0.39, 0.29) is 30.1 Å². The molecule has 1 heterocycles. The molecule has 1 aromatic heterocycles. The number of nitrogens with zero attached hydrogens (tertiary/aromatic N) is 5. The smallest absolute Gasteiger partial charge is 0.276 e. The topological polar surface area (TPSA) is 71.3 Å². The van der Waals surface area contributed by atoms with Gasteiger partial charge in [0.15, 0.2) is 5.69 Å². The maximum Gasteiger partial charge on any atom is 0.276 e. The largest absolute Gasteiger partial charge is 0.347 e. The van der Waals surface area contributed by atoms with E-state index in [2.05, 4.69) is 24.2 Å². The molecule has 0 N–H and O–H groups in total. The number of hydrogen-bond acceptors (Lipinski definition) is 4. The standard InChI is InChI=1S/C14H25N5O2/c1-10(2)7-11(3)18(6)14(21)12-8-19(16-15-12)9-13(20)17(4)5/h8,10-11H,7,9H2,1-6H3/t11-/m0/s1. The van der Waals surface area contributed by atoms with Crippen LogP contribution in [-0.4, -0.2) is 63.8 Å². The molecule has 0 aromatic carbocycles. The lowest BCUT2D eigenvalue weighted by atomic mass is 10.0. The van der Waals surface area contributed by atoms with Crippen molar-refractivity contribution in [1.29, 1.82) is 0 Å². The van der Waals surface area contributed by atoms with Crippen LogP contribution >= 0.6 is 0 Å². The third-order valence-corrected chi connectivity index (χ3v) is 3.35. The van der Waals surface area contributed by atoms with Crippen LogP contribution in [-0.2, 0) is 11.3 Å². The van der Waals surface area contributed by atoms with Crippen molar-refractivity contribution in [3.63, 3.8) is 0 Å². The van der Waals surface area contributed by atoms with E-state index in [4.69, 9.17) is 0 Å². The third kappa shape index (κ3) is 4.84. The van der Waals surface area contributed by atoms with Crippen molar-refractivity contribution in [1.82, 2.24) is 24.8 Å². The van der Waals surface area contributed by atoms with Gasteiger partial charge in [0.1, 0.15) is 6.54 Å². The summed E-state index contributed by atoms with van der Waals surface area (Å²) < 4.78 is 1.39. The summed E-state index contributed by atoms with van der Waals surface area (Å²) in [7, 11) is 5.11.